The van der Waals surface area contributed by atoms with Crippen LogP contribution in [0, 0.1) is 0 Å². The third kappa shape index (κ3) is 3.54. The number of nitrogens with zero attached hydrogens (tertiary/aromatic N) is 2. The highest BCUT2D eigenvalue weighted by Crippen LogP contribution is 2.15. The van der Waals surface area contributed by atoms with E-state index >= 15 is 0 Å². The first-order chi connectivity index (χ1) is 5.83. The zero-order chi connectivity index (χ0) is 8.81. The van der Waals surface area contributed by atoms with E-state index in [4.69, 9.17) is 0 Å². The average Bonchev–Trinajstić information content (AvgIpc) is 2.09. The van der Waals surface area contributed by atoms with E-state index in [1.54, 1.807) is 24.2 Å². The Morgan fingerprint density at radius 3 is 2.67 bits per heavy atom. The maximum atomic E-state index is 4.16. The van der Waals surface area contributed by atoms with Crippen LogP contribution in [0.2, 0.25) is 0 Å². The van der Waals surface area contributed by atoms with E-state index in [-0.39, 0.29) is 0 Å². The number of unbranched alkanes of at least 4 members (excludes halogenated alkanes) is 1. The van der Waals surface area contributed by atoms with Gasteiger partial charge in [-0.05, 0) is 22.4 Å². The lowest BCUT2D eigenvalue weighted by atomic mass is 10.4. The first kappa shape index (κ1) is 9.99. The number of hydrogen-bond acceptors (Lipinski definition) is 3. The Morgan fingerprint density at radius 1 is 1.42 bits per heavy atom. The van der Waals surface area contributed by atoms with Crippen molar-refractivity contribution < 1.29 is 0 Å². The lowest BCUT2D eigenvalue weighted by Gasteiger charge is -1.97. The third-order valence-corrected chi connectivity index (χ3v) is 2.70. The molecule has 0 aromatic carbocycles. The van der Waals surface area contributed by atoms with E-state index < -0.39 is 0 Å². The van der Waals surface area contributed by atoms with Gasteiger partial charge in [-0.1, -0.05) is 25.1 Å². The Balaban J connectivity index is 2.37. The van der Waals surface area contributed by atoms with Crippen molar-refractivity contribution >= 4 is 27.7 Å². The standard InChI is InChI=1S/C8H11BrN2S/c1-2-3-4-12-8-10-5-7(9)6-11-8/h5-6H,2-4H2,1H3. The van der Waals surface area contributed by atoms with Gasteiger partial charge in [0, 0.05) is 18.1 Å². The maximum Gasteiger partial charge on any atom is 0.187 e. The molecule has 0 spiro atoms. The molecule has 0 saturated carbocycles. The number of rotatable bonds is 4. The molecule has 4 heteroatoms. The molecule has 0 unspecified atom stereocenters. The fraction of sp³-hybridized carbons (Fsp3) is 0.500. The van der Waals surface area contributed by atoms with Gasteiger partial charge < -0.3 is 0 Å². The van der Waals surface area contributed by atoms with Crippen LogP contribution in [0.25, 0.3) is 0 Å². The lowest BCUT2D eigenvalue weighted by Crippen LogP contribution is -1.86. The van der Waals surface area contributed by atoms with E-state index in [1.165, 1.54) is 12.8 Å². The zero-order valence-electron chi connectivity index (χ0n) is 6.96. The van der Waals surface area contributed by atoms with Crippen LogP contribution in [0.3, 0.4) is 0 Å². The second-order valence-electron chi connectivity index (χ2n) is 2.39. The smallest absolute Gasteiger partial charge is 0.187 e. The highest BCUT2D eigenvalue weighted by Gasteiger charge is 1.95. The van der Waals surface area contributed by atoms with Crippen molar-refractivity contribution in [3.63, 3.8) is 0 Å². The van der Waals surface area contributed by atoms with Crippen molar-refractivity contribution in [1.29, 1.82) is 0 Å². The summed E-state index contributed by atoms with van der Waals surface area (Å²) in [5, 5.41) is 0.867. The molecule has 0 radical (unpaired) electrons. The van der Waals surface area contributed by atoms with E-state index in [1.807, 2.05) is 0 Å². The van der Waals surface area contributed by atoms with E-state index in [9.17, 15) is 0 Å². The van der Waals surface area contributed by atoms with E-state index in [0.717, 1.165) is 15.4 Å². The predicted octanol–water partition coefficient (Wildman–Crippen LogP) is 3.13. The minimum atomic E-state index is 0.867. The van der Waals surface area contributed by atoms with Crippen molar-refractivity contribution in [2.75, 3.05) is 5.75 Å². The van der Waals surface area contributed by atoms with Crippen LogP contribution in [0.4, 0.5) is 0 Å². The number of thioether (sulfide) groups is 1. The first-order valence-electron chi connectivity index (χ1n) is 3.93. The summed E-state index contributed by atoms with van der Waals surface area (Å²) in [5.74, 6) is 1.11. The second-order valence-corrected chi connectivity index (χ2v) is 4.36. The van der Waals surface area contributed by atoms with Gasteiger partial charge in [-0.2, -0.15) is 0 Å². The van der Waals surface area contributed by atoms with E-state index in [2.05, 4.69) is 32.8 Å². The maximum absolute atomic E-state index is 4.16. The van der Waals surface area contributed by atoms with Gasteiger partial charge in [0.25, 0.3) is 0 Å². The van der Waals surface area contributed by atoms with Crippen LogP contribution in [0.1, 0.15) is 19.8 Å². The largest absolute Gasteiger partial charge is 0.230 e. The summed E-state index contributed by atoms with van der Waals surface area (Å²) in [5.41, 5.74) is 0. The summed E-state index contributed by atoms with van der Waals surface area (Å²) in [4.78, 5) is 8.31. The quantitative estimate of drug-likeness (QED) is 0.464. The van der Waals surface area contributed by atoms with Gasteiger partial charge in [0.15, 0.2) is 5.16 Å². The molecule has 12 heavy (non-hydrogen) atoms. The number of halogens is 1. The molecular weight excluding hydrogens is 236 g/mol. The molecule has 0 atom stereocenters. The molecule has 0 saturated heterocycles. The number of aromatic nitrogens is 2. The van der Waals surface area contributed by atoms with Crippen LogP contribution in [0.15, 0.2) is 22.0 Å². The highest BCUT2D eigenvalue weighted by molar-refractivity contribution is 9.10. The van der Waals surface area contributed by atoms with Crippen LogP contribution in [0.5, 0.6) is 0 Å². The molecule has 1 rings (SSSR count). The number of hydrogen-bond donors (Lipinski definition) is 0. The van der Waals surface area contributed by atoms with Gasteiger partial charge in [-0.15, -0.1) is 0 Å². The second kappa shape index (κ2) is 5.54. The Hall–Kier alpha value is -0.0900. The first-order valence-corrected chi connectivity index (χ1v) is 5.71. The lowest BCUT2D eigenvalue weighted by molar-refractivity contribution is 0.887. The molecule has 66 valence electrons. The van der Waals surface area contributed by atoms with Gasteiger partial charge >= 0.3 is 0 Å². The minimum Gasteiger partial charge on any atom is -0.230 e. The molecule has 0 N–H and O–H groups in total. The molecule has 0 aliphatic rings. The normalized spacial score (nSPS) is 10.2. The van der Waals surface area contributed by atoms with Gasteiger partial charge in [0.2, 0.25) is 0 Å². The molecule has 0 aliphatic carbocycles. The summed E-state index contributed by atoms with van der Waals surface area (Å²) < 4.78 is 0.933. The molecule has 2 nitrogen and oxygen atoms in total. The Morgan fingerprint density at radius 2 is 2.08 bits per heavy atom. The van der Waals surface area contributed by atoms with Crippen molar-refractivity contribution in [2.24, 2.45) is 0 Å². The third-order valence-electron chi connectivity index (χ3n) is 1.33. The van der Waals surface area contributed by atoms with Crippen molar-refractivity contribution in [3.05, 3.63) is 16.9 Å². The topological polar surface area (TPSA) is 25.8 Å². The fourth-order valence-electron chi connectivity index (χ4n) is 0.683. The minimum absolute atomic E-state index is 0.867. The monoisotopic (exact) mass is 246 g/mol. The molecule has 1 heterocycles. The summed E-state index contributed by atoms with van der Waals surface area (Å²) in [6, 6.07) is 0. The van der Waals surface area contributed by atoms with Gasteiger partial charge in [0.05, 0.1) is 4.47 Å². The molecule has 1 aromatic heterocycles. The van der Waals surface area contributed by atoms with Gasteiger partial charge in [-0.25, -0.2) is 9.97 Å². The Labute approximate surface area is 85.3 Å². The van der Waals surface area contributed by atoms with Crippen molar-refractivity contribution in [1.82, 2.24) is 9.97 Å². The molecule has 0 aliphatic heterocycles. The Bertz CT molecular complexity index is 225. The Kier molecular flexibility index (Phi) is 4.61. The molecule has 0 fully saturated rings. The molecule has 1 aromatic rings. The molecular formula is C8H11BrN2S. The molecule has 0 amide bonds. The summed E-state index contributed by atoms with van der Waals surface area (Å²) in [7, 11) is 0. The van der Waals surface area contributed by atoms with Gasteiger partial charge in [0.1, 0.15) is 0 Å². The SMILES string of the molecule is CCCCSc1ncc(Br)cn1. The molecule has 0 bridgehead atoms. The zero-order valence-corrected chi connectivity index (χ0v) is 9.36. The predicted molar refractivity (Wildman–Crippen MR) is 55.4 cm³/mol. The van der Waals surface area contributed by atoms with Gasteiger partial charge in [-0.3, -0.25) is 0 Å². The highest BCUT2D eigenvalue weighted by atomic mass is 79.9. The van der Waals surface area contributed by atoms with Crippen LogP contribution in [-0.4, -0.2) is 15.7 Å². The summed E-state index contributed by atoms with van der Waals surface area (Å²) >= 11 is 5.00. The van der Waals surface area contributed by atoms with Crippen LogP contribution < -0.4 is 0 Å². The van der Waals surface area contributed by atoms with Crippen LogP contribution >= 0.6 is 27.7 Å². The average molecular weight is 247 g/mol. The van der Waals surface area contributed by atoms with Crippen LogP contribution in [-0.2, 0) is 0 Å². The summed E-state index contributed by atoms with van der Waals surface area (Å²) in [6.45, 7) is 2.18. The van der Waals surface area contributed by atoms with Crippen molar-refractivity contribution in [2.45, 2.75) is 24.9 Å². The van der Waals surface area contributed by atoms with E-state index in [0.29, 0.717) is 0 Å². The fourth-order valence-corrected chi connectivity index (χ4v) is 1.76. The summed E-state index contributed by atoms with van der Waals surface area (Å²) in [6.07, 6.45) is 6.01. The van der Waals surface area contributed by atoms with Crippen molar-refractivity contribution in [3.8, 4) is 0 Å².